The molecule has 0 atom stereocenters. The molecule has 0 unspecified atom stereocenters. The summed E-state index contributed by atoms with van der Waals surface area (Å²) in [5.41, 5.74) is 0.878. The first kappa shape index (κ1) is 16.4. The van der Waals surface area contributed by atoms with Crippen LogP contribution in [0.2, 0.25) is 5.02 Å². The van der Waals surface area contributed by atoms with Gasteiger partial charge in [0, 0.05) is 10.6 Å². The monoisotopic (exact) mass is 318 g/mol. The largest absolute Gasteiger partial charge is 0.482 e. The highest BCUT2D eigenvalue weighted by Gasteiger charge is 2.20. The maximum absolute atomic E-state index is 12.0. The van der Waals surface area contributed by atoms with Gasteiger partial charge in [-0.15, -0.1) is 0 Å². The van der Waals surface area contributed by atoms with E-state index in [0.29, 0.717) is 16.5 Å². The zero-order chi connectivity index (χ0) is 16.2. The number of hydrogen-bond acceptors (Lipinski definition) is 3. The van der Waals surface area contributed by atoms with Crippen LogP contribution in [0.4, 0.5) is 0 Å². The standard InChI is InChI=1S/C18H19ClO3/c1-18(2,3)15-6-4-5-7-16(15)22-17(20)12-21-14-10-8-13(19)9-11-14/h4-11H,12H2,1-3H3. The van der Waals surface area contributed by atoms with E-state index in [4.69, 9.17) is 21.1 Å². The van der Waals surface area contributed by atoms with E-state index in [1.807, 2.05) is 18.2 Å². The number of ether oxygens (including phenoxy) is 2. The van der Waals surface area contributed by atoms with E-state index in [-0.39, 0.29) is 12.0 Å². The van der Waals surface area contributed by atoms with Crippen LogP contribution in [0.3, 0.4) is 0 Å². The average molecular weight is 319 g/mol. The Morgan fingerprint density at radius 1 is 1.05 bits per heavy atom. The van der Waals surface area contributed by atoms with Gasteiger partial charge >= 0.3 is 5.97 Å². The molecule has 0 N–H and O–H groups in total. The first-order valence-corrected chi connectivity index (χ1v) is 7.42. The van der Waals surface area contributed by atoms with Crippen LogP contribution < -0.4 is 9.47 Å². The third kappa shape index (κ3) is 4.50. The Morgan fingerprint density at radius 3 is 2.32 bits per heavy atom. The van der Waals surface area contributed by atoms with E-state index < -0.39 is 5.97 Å². The molecular formula is C18H19ClO3. The molecule has 0 aliphatic carbocycles. The lowest BCUT2D eigenvalue weighted by molar-refractivity contribution is -0.136. The zero-order valence-corrected chi connectivity index (χ0v) is 13.7. The van der Waals surface area contributed by atoms with Gasteiger partial charge in [-0.1, -0.05) is 50.6 Å². The summed E-state index contributed by atoms with van der Waals surface area (Å²) in [6.07, 6.45) is 0. The second-order valence-electron chi connectivity index (χ2n) is 5.96. The van der Waals surface area contributed by atoms with Crippen LogP contribution in [0.15, 0.2) is 48.5 Å². The minimum absolute atomic E-state index is 0.103. The Morgan fingerprint density at radius 2 is 1.68 bits per heavy atom. The van der Waals surface area contributed by atoms with Gasteiger partial charge in [0.1, 0.15) is 11.5 Å². The van der Waals surface area contributed by atoms with E-state index >= 15 is 0 Å². The lowest BCUT2D eigenvalue weighted by Crippen LogP contribution is -2.20. The predicted molar refractivity (Wildman–Crippen MR) is 87.7 cm³/mol. The van der Waals surface area contributed by atoms with Gasteiger partial charge in [0.25, 0.3) is 0 Å². The van der Waals surface area contributed by atoms with Crippen LogP contribution in [0, 0.1) is 0 Å². The molecule has 0 spiro atoms. The van der Waals surface area contributed by atoms with Gasteiger partial charge in [-0.25, -0.2) is 4.79 Å². The molecule has 0 fully saturated rings. The zero-order valence-electron chi connectivity index (χ0n) is 12.9. The topological polar surface area (TPSA) is 35.5 Å². The minimum atomic E-state index is -0.438. The normalized spacial score (nSPS) is 11.1. The highest BCUT2D eigenvalue weighted by Crippen LogP contribution is 2.31. The van der Waals surface area contributed by atoms with E-state index in [1.165, 1.54) is 0 Å². The molecule has 0 heterocycles. The van der Waals surface area contributed by atoms with E-state index in [2.05, 4.69) is 20.8 Å². The summed E-state index contributed by atoms with van der Waals surface area (Å²) in [5, 5.41) is 0.619. The average Bonchev–Trinajstić information content (AvgIpc) is 2.46. The number of hydrogen-bond donors (Lipinski definition) is 0. The summed E-state index contributed by atoms with van der Waals surface area (Å²) in [4.78, 5) is 12.0. The van der Waals surface area contributed by atoms with Crippen LogP contribution >= 0.6 is 11.6 Å². The third-order valence-electron chi connectivity index (χ3n) is 3.09. The van der Waals surface area contributed by atoms with Crippen LogP contribution in [0.5, 0.6) is 11.5 Å². The fourth-order valence-corrected chi connectivity index (χ4v) is 2.13. The molecule has 2 aromatic carbocycles. The van der Waals surface area contributed by atoms with Crippen LogP contribution in [-0.4, -0.2) is 12.6 Å². The van der Waals surface area contributed by atoms with Crippen molar-refractivity contribution < 1.29 is 14.3 Å². The fourth-order valence-electron chi connectivity index (χ4n) is 2.00. The molecule has 2 aromatic rings. The Balaban J connectivity index is 1.99. The summed E-state index contributed by atoms with van der Waals surface area (Å²) in [6, 6.07) is 14.4. The van der Waals surface area contributed by atoms with Crippen molar-refractivity contribution in [2.45, 2.75) is 26.2 Å². The van der Waals surface area contributed by atoms with E-state index in [9.17, 15) is 4.79 Å². The van der Waals surface area contributed by atoms with Gasteiger partial charge in [-0.05, 0) is 35.7 Å². The lowest BCUT2D eigenvalue weighted by Gasteiger charge is -2.22. The van der Waals surface area contributed by atoms with Crippen molar-refractivity contribution in [3.63, 3.8) is 0 Å². The number of halogens is 1. The predicted octanol–water partition coefficient (Wildman–Crippen LogP) is 4.62. The molecule has 0 bridgehead atoms. The maximum atomic E-state index is 12.0. The minimum Gasteiger partial charge on any atom is -0.482 e. The van der Waals surface area contributed by atoms with Gasteiger partial charge in [0.2, 0.25) is 0 Å². The number of benzene rings is 2. The van der Waals surface area contributed by atoms with Gasteiger partial charge in [0.15, 0.2) is 6.61 Å². The molecule has 2 rings (SSSR count). The molecule has 22 heavy (non-hydrogen) atoms. The van der Waals surface area contributed by atoms with E-state index in [1.54, 1.807) is 30.3 Å². The van der Waals surface area contributed by atoms with Crippen molar-refractivity contribution in [3.05, 3.63) is 59.1 Å². The second kappa shape index (κ2) is 6.84. The number of carbonyl (C=O) groups excluding carboxylic acids is 1. The third-order valence-corrected chi connectivity index (χ3v) is 3.34. The van der Waals surface area contributed by atoms with Crippen LogP contribution in [0.1, 0.15) is 26.3 Å². The highest BCUT2D eigenvalue weighted by molar-refractivity contribution is 6.30. The molecule has 0 aliphatic heterocycles. The van der Waals surface area contributed by atoms with Crippen molar-refractivity contribution in [2.24, 2.45) is 0 Å². The summed E-state index contributed by atoms with van der Waals surface area (Å²) in [7, 11) is 0. The highest BCUT2D eigenvalue weighted by atomic mass is 35.5. The smallest absolute Gasteiger partial charge is 0.349 e. The van der Waals surface area contributed by atoms with Crippen molar-refractivity contribution in [2.75, 3.05) is 6.61 Å². The summed E-state index contributed by atoms with van der Waals surface area (Å²) < 4.78 is 10.8. The van der Waals surface area contributed by atoms with Crippen LogP contribution in [0.25, 0.3) is 0 Å². The Bertz CT molecular complexity index is 642. The molecule has 3 nitrogen and oxygen atoms in total. The summed E-state index contributed by atoms with van der Waals surface area (Å²) in [5.74, 6) is 0.705. The van der Waals surface area contributed by atoms with Gasteiger partial charge < -0.3 is 9.47 Å². The van der Waals surface area contributed by atoms with Crippen molar-refractivity contribution in [1.82, 2.24) is 0 Å². The first-order chi connectivity index (χ1) is 10.4. The Labute approximate surface area is 135 Å². The molecular weight excluding hydrogens is 300 g/mol. The molecule has 116 valence electrons. The Kier molecular flexibility index (Phi) is 5.09. The van der Waals surface area contributed by atoms with E-state index in [0.717, 1.165) is 5.56 Å². The SMILES string of the molecule is CC(C)(C)c1ccccc1OC(=O)COc1ccc(Cl)cc1. The van der Waals surface area contributed by atoms with Crippen molar-refractivity contribution >= 4 is 17.6 Å². The first-order valence-electron chi connectivity index (χ1n) is 7.05. The summed E-state index contributed by atoms with van der Waals surface area (Å²) >= 11 is 5.79. The number of carbonyl (C=O) groups is 1. The van der Waals surface area contributed by atoms with Gasteiger partial charge in [0.05, 0.1) is 0 Å². The quantitative estimate of drug-likeness (QED) is 0.609. The molecule has 0 saturated carbocycles. The van der Waals surface area contributed by atoms with Crippen molar-refractivity contribution in [3.8, 4) is 11.5 Å². The molecule has 0 aliphatic rings. The molecule has 0 amide bonds. The van der Waals surface area contributed by atoms with Crippen LogP contribution in [-0.2, 0) is 10.2 Å². The number of para-hydroxylation sites is 1. The second-order valence-corrected chi connectivity index (χ2v) is 6.40. The Hall–Kier alpha value is -2.00. The molecule has 0 aromatic heterocycles. The fraction of sp³-hybridized carbons (Fsp3) is 0.278. The van der Waals surface area contributed by atoms with Gasteiger partial charge in [-0.2, -0.15) is 0 Å². The maximum Gasteiger partial charge on any atom is 0.349 e. The lowest BCUT2D eigenvalue weighted by atomic mass is 9.86. The van der Waals surface area contributed by atoms with Crippen molar-refractivity contribution in [1.29, 1.82) is 0 Å². The number of rotatable bonds is 4. The molecule has 0 saturated heterocycles. The summed E-state index contributed by atoms with van der Waals surface area (Å²) in [6.45, 7) is 6.07. The number of esters is 1. The molecule has 4 heteroatoms. The molecule has 0 radical (unpaired) electrons. The van der Waals surface area contributed by atoms with Gasteiger partial charge in [-0.3, -0.25) is 0 Å².